The lowest BCUT2D eigenvalue weighted by atomic mass is 10.1. The molecule has 0 aliphatic heterocycles. The van der Waals surface area contributed by atoms with E-state index in [4.69, 9.17) is 16.7 Å². The van der Waals surface area contributed by atoms with Gasteiger partial charge in [0.05, 0.1) is 11.3 Å². The molecule has 2 rings (SSSR count). The first-order chi connectivity index (χ1) is 7.66. The van der Waals surface area contributed by atoms with Gasteiger partial charge >= 0.3 is 5.97 Å². The van der Waals surface area contributed by atoms with E-state index >= 15 is 0 Å². The van der Waals surface area contributed by atoms with E-state index in [1.807, 2.05) is 0 Å². The second-order valence-corrected chi connectivity index (χ2v) is 3.50. The van der Waals surface area contributed by atoms with E-state index in [-0.39, 0.29) is 10.7 Å². The van der Waals surface area contributed by atoms with Crippen molar-refractivity contribution in [3.8, 4) is 11.3 Å². The molecule has 0 radical (unpaired) electrons. The van der Waals surface area contributed by atoms with E-state index in [0.717, 1.165) is 5.56 Å². The zero-order valence-corrected chi connectivity index (χ0v) is 8.85. The van der Waals surface area contributed by atoms with Gasteiger partial charge < -0.3 is 5.11 Å². The van der Waals surface area contributed by atoms with Gasteiger partial charge in [-0.2, -0.15) is 0 Å². The Bertz CT molecular complexity index is 529. The van der Waals surface area contributed by atoms with Crippen LogP contribution in [0.3, 0.4) is 0 Å². The lowest BCUT2D eigenvalue weighted by Gasteiger charge is -2.02. The van der Waals surface area contributed by atoms with Crippen LogP contribution in [-0.4, -0.2) is 21.0 Å². The summed E-state index contributed by atoms with van der Waals surface area (Å²) in [6.07, 6.45) is 3.23. The molecule has 0 saturated heterocycles. The van der Waals surface area contributed by atoms with Gasteiger partial charge in [0, 0.05) is 18.0 Å². The summed E-state index contributed by atoms with van der Waals surface area (Å²) in [7, 11) is 0. The number of aromatic carboxylic acids is 1. The Labute approximate surface area is 96.6 Å². The molecule has 2 heterocycles. The normalized spacial score (nSPS) is 10.1. The van der Waals surface area contributed by atoms with Gasteiger partial charge in [-0.05, 0) is 24.3 Å². The van der Waals surface area contributed by atoms with Gasteiger partial charge in [0.15, 0.2) is 0 Å². The molecule has 0 amide bonds. The number of carboxylic acid groups (broad SMARTS) is 1. The Kier molecular flexibility index (Phi) is 2.83. The number of carboxylic acids is 1. The molecule has 0 aliphatic carbocycles. The maximum atomic E-state index is 10.8. The minimum Gasteiger partial charge on any atom is -0.478 e. The molecule has 2 aromatic rings. The Morgan fingerprint density at radius 1 is 1.38 bits per heavy atom. The van der Waals surface area contributed by atoms with Gasteiger partial charge in [-0.1, -0.05) is 11.6 Å². The van der Waals surface area contributed by atoms with Crippen molar-refractivity contribution in [3.05, 3.63) is 47.4 Å². The van der Waals surface area contributed by atoms with Crippen LogP contribution in [0.4, 0.5) is 0 Å². The lowest BCUT2D eigenvalue weighted by Crippen LogP contribution is -1.98. The van der Waals surface area contributed by atoms with Gasteiger partial charge in [0.25, 0.3) is 0 Å². The second-order valence-electron chi connectivity index (χ2n) is 3.11. The van der Waals surface area contributed by atoms with Gasteiger partial charge in [-0.15, -0.1) is 0 Å². The highest BCUT2D eigenvalue weighted by atomic mass is 35.5. The number of halogens is 1. The van der Waals surface area contributed by atoms with E-state index in [1.165, 1.54) is 12.1 Å². The van der Waals surface area contributed by atoms with Crippen LogP contribution in [-0.2, 0) is 0 Å². The van der Waals surface area contributed by atoms with Crippen molar-refractivity contribution in [3.63, 3.8) is 0 Å². The zero-order chi connectivity index (χ0) is 11.5. The monoisotopic (exact) mass is 234 g/mol. The smallest absolute Gasteiger partial charge is 0.335 e. The number of aromatic nitrogens is 2. The third kappa shape index (κ3) is 2.17. The molecule has 0 atom stereocenters. The third-order valence-electron chi connectivity index (χ3n) is 2.00. The first-order valence-corrected chi connectivity index (χ1v) is 4.86. The largest absolute Gasteiger partial charge is 0.478 e. The Morgan fingerprint density at radius 3 is 2.81 bits per heavy atom. The summed E-state index contributed by atoms with van der Waals surface area (Å²) >= 11 is 5.75. The quantitative estimate of drug-likeness (QED) is 0.811. The molecule has 2 aromatic heterocycles. The first-order valence-electron chi connectivity index (χ1n) is 4.48. The molecule has 16 heavy (non-hydrogen) atoms. The summed E-state index contributed by atoms with van der Waals surface area (Å²) in [4.78, 5) is 18.8. The Balaban J connectivity index is 2.54. The predicted octanol–water partition coefficient (Wildman–Crippen LogP) is 2.50. The molecule has 0 bridgehead atoms. The minimum atomic E-state index is -1.03. The number of rotatable bonds is 2. The lowest BCUT2D eigenvalue weighted by molar-refractivity contribution is 0.0697. The fourth-order valence-corrected chi connectivity index (χ4v) is 1.49. The highest BCUT2D eigenvalue weighted by molar-refractivity contribution is 6.29. The van der Waals surface area contributed by atoms with Crippen molar-refractivity contribution >= 4 is 17.6 Å². The van der Waals surface area contributed by atoms with Crippen molar-refractivity contribution in [2.75, 3.05) is 0 Å². The fourth-order valence-electron chi connectivity index (χ4n) is 1.28. The molecule has 0 fully saturated rings. The molecule has 0 unspecified atom stereocenters. The third-order valence-corrected chi connectivity index (χ3v) is 2.19. The predicted molar refractivity (Wildman–Crippen MR) is 59.4 cm³/mol. The van der Waals surface area contributed by atoms with Crippen molar-refractivity contribution in [2.45, 2.75) is 0 Å². The van der Waals surface area contributed by atoms with Crippen molar-refractivity contribution in [1.29, 1.82) is 0 Å². The molecule has 4 nitrogen and oxygen atoms in total. The molecular weight excluding hydrogens is 228 g/mol. The second kappa shape index (κ2) is 4.28. The van der Waals surface area contributed by atoms with Gasteiger partial charge in [0.1, 0.15) is 5.15 Å². The van der Waals surface area contributed by atoms with Crippen molar-refractivity contribution < 1.29 is 9.90 Å². The Morgan fingerprint density at radius 2 is 2.19 bits per heavy atom. The zero-order valence-electron chi connectivity index (χ0n) is 8.09. The van der Waals surface area contributed by atoms with E-state index in [1.54, 1.807) is 24.5 Å². The van der Waals surface area contributed by atoms with Crippen LogP contribution in [0.1, 0.15) is 10.4 Å². The maximum absolute atomic E-state index is 10.8. The summed E-state index contributed by atoms with van der Waals surface area (Å²) in [6.45, 7) is 0. The van der Waals surface area contributed by atoms with E-state index < -0.39 is 5.97 Å². The highest BCUT2D eigenvalue weighted by Crippen LogP contribution is 2.20. The number of pyridine rings is 2. The van der Waals surface area contributed by atoms with Crippen LogP contribution in [0.15, 0.2) is 36.7 Å². The Hall–Kier alpha value is -1.94. The minimum absolute atomic E-state index is 0.110. The first kappa shape index (κ1) is 10.6. The van der Waals surface area contributed by atoms with E-state index in [9.17, 15) is 4.79 Å². The number of nitrogens with zero attached hydrogens (tertiary/aromatic N) is 2. The summed E-state index contributed by atoms with van der Waals surface area (Å²) < 4.78 is 0. The van der Waals surface area contributed by atoms with E-state index in [0.29, 0.717) is 5.69 Å². The van der Waals surface area contributed by atoms with Crippen LogP contribution in [0.5, 0.6) is 0 Å². The number of carbonyl (C=O) groups is 1. The number of hydrogen-bond acceptors (Lipinski definition) is 3. The van der Waals surface area contributed by atoms with Crippen LogP contribution >= 0.6 is 11.6 Å². The number of hydrogen-bond donors (Lipinski definition) is 1. The molecular formula is C11H7ClN2O2. The standard InChI is InChI=1S/C11H7ClN2O2/c12-10-5-8(11(15)16)4-9(14-10)7-2-1-3-13-6-7/h1-6H,(H,15,16). The van der Waals surface area contributed by atoms with Gasteiger partial charge in [-0.3, -0.25) is 4.98 Å². The average molecular weight is 235 g/mol. The van der Waals surface area contributed by atoms with Crippen LogP contribution in [0.2, 0.25) is 5.15 Å². The fraction of sp³-hybridized carbons (Fsp3) is 0. The molecule has 0 aliphatic rings. The highest BCUT2D eigenvalue weighted by Gasteiger charge is 2.08. The van der Waals surface area contributed by atoms with Gasteiger partial charge in [0.2, 0.25) is 0 Å². The maximum Gasteiger partial charge on any atom is 0.335 e. The SMILES string of the molecule is O=C(O)c1cc(Cl)nc(-c2cccnc2)c1. The van der Waals surface area contributed by atoms with Crippen molar-refractivity contribution in [1.82, 2.24) is 9.97 Å². The molecule has 1 N–H and O–H groups in total. The topological polar surface area (TPSA) is 63.1 Å². The van der Waals surface area contributed by atoms with Crippen LogP contribution in [0.25, 0.3) is 11.3 Å². The summed E-state index contributed by atoms with van der Waals surface area (Å²) in [5.74, 6) is -1.03. The summed E-state index contributed by atoms with van der Waals surface area (Å²) in [5.41, 5.74) is 1.34. The molecule has 0 saturated carbocycles. The molecule has 5 heteroatoms. The van der Waals surface area contributed by atoms with Gasteiger partial charge in [-0.25, -0.2) is 9.78 Å². The molecule has 0 spiro atoms. The molecule has 0 aromatic carbocycles. The van der Waals surface area contributed by atoms with E-state index in [2.05, 4.69) is 9.97 Å². The molecule has 80 valence electrons. The van der Waals surface area contributed by atoms with Crippen LogP contribution < -0.4 is 0 Å². The van der Waals surface area contributed by atoms with Crippen molar-refractivity contribution in [2.24, 2.45) is 0 Å². The summed E-state index contributed by atoms with van der Waals surface area (Å²) in [5, 5.41) is 9.03. The average Bonchev–Trinajstić information content (AvgIpc) is 2.29. The van der Waals surface area contributed by atoms with Crippen LogP contribution in [0, 0.1) is 0 Å². The summed E-state index contributed by atoms with van der Waals surface area (Å²) in [6, 6.07) is 6.31.